The van der Waals surface area contributed by atoms with Crippen LogP contribution in [0.3, 0.4) is 0 Å². The number of piperidine rings is 1. The lowest BCUT2D eigenvalue weighted by atomic mass is 10.0. The molecule has 1 aromatic rings. The van der Waals surface area contributed by atoms with Crippen molar-refractivity contribution in [1.29, 1.82) is 0 Å². The summed E-state index contributed by atoms with van der Waals surface area (Å²) in [6.45, 7) is 5.94. The number of likely N-dealkylation sites (tertiary alicyclic amines) is 1. The van der Waals surface area contributed by atoms with Crippen molar-refractivity contribution in [1.82, 2.24) is 4.90 Å². The van der Waals surface area contributed by atoms with Gasteiger partial charge in [0, 0.05) is 17.6 Å². The summed E-state index contributed by atoms with van der Waals surface area (Å²) in [7, 11) is 0. The van der Waals surface area contributed by atoms with Gasteiger partial charge in [-0.25, -0.2) is 4.79 Å². The van der Waals surface area contributed by atoms with Crippen LogP contribution in [-0.4, -0.2) is 24.0 Å². The quantitative estimate of drug-likeness (QED) is 0.834. The molecule has 1 heterocycles. The minimum Gasteiger partial charge on any atom is -0.324 e. The molecule has 1 atom stereocenters. The molecule has 1 aliphatic rings. The fraction of sp³-hybridized carbons (Fsp3) is 0.500. The van der Waals surface area contributed by atoms with Crippen LogP contribution in [0.1, 0.15) is 25.3 Å². The summed E-state index contributed by atoms with van der Waals surface area (Å²) in [5.74, 6) is 0.603. The van der Waals surface area contributed by atoms with Crippen molar-refractivity contribution in [3.05, 3.63) is 28.2 Å². The summed E-state index contributed by atoms with van der Waals surface area (Å²) >= 11 is 3.48. The summed E-state index contributed by atoms with van der Waals surface area (Å²) in [6.07, 6.45) is 2.32. The van der Waals surface area contributed by atoms with Crippen LogP contribution in [0.25, 0.3) is 0 Å². The predicted octanol–water partition coefficient (Wildman–Crippen LogP) is 4.02. The van der Waals surface area contributed by atoms with Crippen molar-refractivity contribution in [3.8, 4) is 0 Å². The Hall–Kier alpha value is -1.03. The third kappa shape index (κ3) is 3.25. The normalized spacial score (nSPS) is 19.7. The van der Waals surface area contributed by atoms with Crippen LogP contribution in [0.5, 0.6) is 0 Å². The van der Waals surface area contributed by atoms with E-state index in [1.165, 1.54) is 12.0 Å². The second-order valence-corrected chi connectivity index (χ2v) is 5.96. The van der Waals surface area contributed by atoms with Crippen LogP contribution in [0.2, 0.25) is 0 Å². The monoisotopic (exact) mass is 310 g/mol. The topological polar surface area (TPSA) is 32.3 Å². The molecule has 1 saturated heterocycles. The van der Waals surface area contributed by atoms with Crippen LogP contribution >= 0.6 is 15.9 Å². The number of amides is 2. The minimum absolute atomic E-state index is 0.00565. The molecular formula is C14H19BrN2O. The number of carbonyl (C=O) groups is 1. The predicted molar refractivity (Wildman–Crippen MR) is 77.9 cm³/mol. The Morgan fingerprint density at radius 3 is 2.94 bits per heavy atom. The number of nitrogens with zero attached hydrogens (tertiary/aromatic N) is 1. The molecular weight excluding hydrogens is 292 g/mol. The van der Waals surface area contributed by atoms with Crippen LogP contribution in [0.15, 0.2) is 22.7 Å². The summed E-state index contributed by atoms with van der Waals surface area (Å²) in [5, 5.41) is 2.97. The summed E-state index contributed by atoms with van der Waals surface area (Å²) < 4.78 is 0.931. The van der Waals surface area contributed by atoms with Crippen molar-refractivity contribution >= 4 is 27.6 Å². The van der Waals surface area contributed by atoms with Gasteiger partial charge in [-0.3, -0.25) is 0 Å². The summed E-state index contributed by atoms with van der Waals surface area (Å²) in [6, 6.07) is 5.95. The molecule has 18 heavy (non-hydrogen) atoms. The Bertz CT molecular complexity index is 447. The van der Waals surface area contributed by atoms with Gasteiger partial charge >= 0.3 is 6.03 Å². The Balaban J connectivity index is 2.02. The third-order valence-corrected chi connectivity index (χ3v) is 3.97. The highest BCUT2D eigenvalue weighted by Gasteiger charge is 2.21. The van der Waals surface area contributed by atoms with Crippen LogP contribution < -0.4 is 5.32 Å². The Labute approximate surface area is 117 Å². The molecule has 98 valence electrons. The number of carbonyl (C=O) groups excluding carboxylic acids is 1. The average Bonchev–Trinajstić information content (AvgIpc) is 2.32. The highest BCUT2D eigenvalue weighted by Crippen LogP contribution is 2.24. The molecule has 0 unspecified atom stereocenters. The number of benzene rings is 1. The van der Waals surface area contributed by atoms with E-state index in [2.05, 4.69) is 28.2 Å². The third-order valence-electron chi connectivity index (χ3n) is 3.31. The molecule has 1 aromatic carbocycles. The van der Waals surface area contributed by atoms with Gasteiger partial charge in [0.2, 0.25) is 0 Å². The van der Waals surface area contributed by atoms with E-state index in [4.69, 9.17) is 0 Å². The molecule has 2 amide bonds. The number of hydrogen-bond acceptors (Lipinski definition) is 1. The van der Waals surface area contributed by atoms with E-state index in [0.717, 1.165) is 29.7 Å². The first-order chi connectivity index (χ1) is 8.56. The number of nitrogens with one attached hydrogen (secondary N) is 1. The van der Waals surface area contributed by atoms with Crippen molar-refractivity contribution in [3.63, 3.8) is 0 Å². The van der Waals surface area contributed by atoms with E-state index in [1.54, 1.807) is 0 Å². The first-order valence-electron chi connectivity index (χ1n) is 6.38. The number of aryl methyl sites for hydroxylation is 1. The van der Waals surface area contributed by atoms with E-state index in [9.17, 15) is 4.79 Å². The Morgan fingerprint density at radius 1 is 1.50 bits per heavy atom. The van der Waals surface area contributed by atoms with Crippen molar-refractivity contribution < 1.29 is 4.79 Å². The molecule has 3 nitrogen and oxygen atoms in total. The molecule has 0 spiro atoms. The van der Waals surface area contributed by atoms with Gasteiger partial charge in [0.1, 0.15) is 0 Å². The van der Waals surface area contributed by atoms with Gasteiger partial charge in [0.15, 0.2) is 0 Å². The molecule has 1 fully saturated rings. The standard InChI is InChI=1S/C14H19BrN2O/c1-10-5-6-13(12(15)8-10)16-14(18)17-7-3-4-11(2)9-17/h5-6,8,11H,3-4,7,9H2,1-2H3,(H,16,18)/t11-/m0/s1. The number of hydrogen-bond donors (Lipinski definition) is 1. The lowest BCUT2D eigenvalue weighted by Gasteiger charge is -2.31. The maximum Gasteiger partial charge on any atom is 0.321 e. The zero-order chi connectivity index (χ0) is 13.1. The maximum atomic E-state index is 12.1. The van der Waals surface area contributed by atoms with E-state index in [0.29, 0.717) is 5.92 Å². The van der Waals surface area contributed by atoms with E-state index in [1.807, 2.05) is 30.0 Å². The zero-order valence-electron chi connectivity index (χ0n) is 10.9. The molecule has 2 rings (SSSR count). The lowest BCUT2D eigenvalue weighted by Crippen LogP contribution is -2.41. The van der Waals surface area contributed by atoms with Gasteiger partial charge in [0.25, 0.3) is 0 Å². The molecule has 4 heteroatoms. The van der Waals surface area contributed by atoms with Gasteiger partial charge in [-0.05, 0) is 59.3 Å². The zero-order valence-corrected chi connectivity index (χ0v) is 12.5. The molecule has 1 aliphatic heterocycles. The van der Waals surface area contributed by atoms with Gasteiger partial charge in [0.05, 0.1) is 5.69 Å². The second kappa shape index (κ2) is 5.74. The highest BCUT2D eigenvalue weighted by molar-refractivity contribution is 9.10. The number of anilines is 1. The maximum absolute atomic E-state index is 12.1. The molecule has 0 radical (unpaired) electrons. The number of halogens is 1. The van der Waals surface area contributed by atoms with E-state index >= 15 is 0 Å². The van der Waals surface area contributed by atoms with Gasteiger partial charge < -0.3 is 10.2 Å². The molecule has 0 aromatic heterocycles. The van der Waals surface area contributed by atoms with Gasteiger partial charge in [-0.2, -0.15) is 0 Å². The number of urea groups is 1. The van der Waals surface area contributed by atoms with E-state index < -0.39 is 0 Å². The molecule has 0 saturated carbocycles. The van der Waals surface area contributed by atoms with Gasteiger partial charge in [-0.1, -0.05) is 13.0 Å². The van der Waals surface area contributed by atoms with Gasteiger partial charge in [-0.15, -0.1) is 0 Å². The summed E-state index contributed by atoms with van der Waals surface area (Å²) in [4.78, 5) is 14.0. The molecule has 0 bridgehead atoms. The van der Waals surface area contributed by atoms with E-state index in [-0.39, 0.29) is 6.03 Å². The van der Waals surface area contributed by atoms with Crippen LogP contribution in [0.4, 0.5) is 10.5 Å². The second-order valence-electron chi connectivity index (χ2n) is 5.11. The SMILES string of the molecule is Cc1ccc(NC(=O)N2CCC[C@H](C)C2)c(Br)c1. The fourth-order valence-electron chi connectivity index (χ4n) is 2.29. The average molecular weight is 311 g/mol. The highest BCUT2D eigenvalue weighted by atomic mass is 79.9. The van der Waals surface area contributed by atoms with Crippen LogP contribution in [-0.2, 0) is 0 Å². The van der Waals surface area contributed by atoms with Crippen molar-refractivity contribution in [2.75, 3.05) is 18.4 Å². The smallest absolute Gasteiger partial charge is 0.321 e. The first-order valence-corrected chi connectivity index (χ1v) is 7.17. The largest absolute Gasteiger partial charge is 0.324 e. The summed E-state index contributed by atoms with van der Waals surface area (Å²) in [5.41, 5.74) is 2.01. The Morgan fingerprint density at radius 2 is 2.28 bits per heavy atom. The molecule has 1 N–H and O–H groups in total. The minimum atomic E-state index is 0.00565. The number of rotatable bonds is 1. The first kappa shape index (κ1) is 13.4. The Kier molecular flexibility index (Phi) is 4.27. The van der Waals surface area contributed by atoms with Crippen LogP contribution in [0, 0.1) is 12.8 Å². The fourth-order valence-corrected chi connectivity index (χ4v) is 2.88. The lowest BCUT2D eigenvalue weighted by molar-refractivity contribution is 0.182. The molecule has 0 aliphatic carbocycles. The van der Waals surface area contributed by atoms with Crippen molar-refractivity contribution in [2.45, 2.75) is 26.7 Å². The van der Waals surface area contributed by atoms with Crippen molar-refractivity contribution in [2.24, 2.45) is 5.92 Å².